The molecule has 1 aliphatic rings. The first-order valence-corrected chi connectivity index (χ1v) is 4.44. The van der Waals surface area contributed by atoms with E-state index in [1.165, 1.54) is 0 Å². The van der Waals surface area contributed by atoms with Gasteiger partial charge in [-0.15, -0.1) is 6.42 Å². The highest BCUT2D eigenvalue weighted by molar-refractivity contribution is 5.99. The summed E-state index contributed by atoms with van der Waals surface area (Å²) < 4.78 is 0. The van der Waals surface area contributed by atoms with Crippen molar-refractivity contribution in [2.24, 2.45) is 0 Å². The molecule has 0 radical (unpaired) electrons. The number of benzene rings is 1. The van der Waals surface area contributed by atoms with Crippen molar-refractivity contribution in [2.75, 3.05) is 0 Å². The van der Waals surface area contributed by atoms with Crippen LogP contribution in [0.3, 0.4) is 0 Å². The maximum atomic E-state index is 11.5. The third kappa shape index (κ3) is 1.25. The van der Waals surface area contributed by atoms with E-state index < -0.39 is 0 Å². The minimum absolute atomic E-state index is 0.235. The van der Waals surface area contributed by atoms with Crippen molar-refractivity contribution in [3.05, 3.63) is 34.9 Å². The van der Waals surface area contributed by atoms with Crippen LogP contribution in [0, 0.1) is 12.3 Å². The normalized spacial score (nSPS) is 14.8. The van der Waals surface area contributed by atoms with E-state index in [-0.39, 0.29) is 5.78 Å². The molecule has 1 heteroatoms. The third-order valence-corrected chi connectivity index (χ3v) is 2.46. The minimum Gasteiger partial charge on any atom is -0.294 e. The molecule has 0 aliphatic heterocycles. The first kappa shape index (κ1) is 8.07. The van der Waals surface area contributed by atoms with E-state index in [1.54, 1.807) is 0 Å². The fraction of sp³-hybridized carbons (Fsp3) is 0.250. The Bertz CT molecular complexity index is 396. The highest BCUT2D eigenvalue weighted by Crippen LogP contribution is 2.23. The van der Waals surface area contributed by atoms with Gasteiger partial charge in [0.15, 0.2) is 5.78 Å². The van der Waals surface area contributed by atoms with Crippen molar-refractivity contribution in [2.45, 2.75) is 19.3 Å². The molecule has 64 valence electrons. The lowest BCUT2D eigenvalue weighted by molar-refractivity contribution is 0.0972. The Balaban J connectivity index is 2.63. The standard InChI is InChI=1S/C12H10O/c1-2-9-5-3-7-11-10(9)6-4-8-12(11)13/h1,3,5,7H,4,6,8H2. The Morgan fingerprint density at radius 2 is 2.15 bits per heavy atom. The van der Waals surface area contributed by atoms with Gasteiger partial charge in [0.2, 0.25) is 0 Å². The molecule has 1 aliphatic carbocycles. The number of carbonyl (C=O) groups excluding carboxylic acids is 1. The number of fused-ring (bicyclic) bond motifs is 1. The van der Waals surface area contributed by atoms with E-state index in [4.69, 9.17) is 6.42 Å². The van der Waals surface area contributed by atoms with Crippen LogP contribution in [0.25, 0.3) is 0 Å². The summed E-state index contributed by atoms with van der Waals surface area (Å²) in [7, 11) is 0. The molecule has 0 unspecified atom stereocenters. The van der Waals surface area contributed by atoms with Crippen LogP contribution < -0.4 is 0 Å². The number of terminal acetylenes is 1. The van der Waals surface area contributed by atoms with Crippen molar-refractivity contribution < 1.29 is 4.79 Å². The van der Waals surface area contributed by atoms with Gasteiger partial charge in [-0.2, -0.15) is 0 Å². The number of ketones is 1. The first-order valence-electron chi connectivity index (χ1n) is 4.44. The smallest absolute Gasteiger partial charge is 0.163 e. The maximum Gasteiger partial charge on any atom is 0.163 e. The number of hydrogen-bond donors (Lipinski definition) is 0. The van der Waals surface area contributed by atoms with Crippen molar-refractivity contribution >= 4 is 5.78 Å². The lowest BCUT2D eigenvalue weighted by atomic mass is 9.88. The molecular weight excluding hydrogens is 160 g/mol. The molecule has 0 heterocycles. The van der Waals surface area contributed by atoms with Gasteiger partial charge < -0.3 is 0 Å². The Hall–Kier alpha value is -1.55. The summed E-state index contributed by atoms with van der Waals surface area (Å²) in [5, 5.41) is 0. The molecule has 0 N–H and O–H groups in total. The highest BCUT2D eigenvalue weighted by atomic mass is 16.1. The Kier molecular flexibility index (Phi) is 1.90. The van der Waals surface area contributed by atoms with Gasteiger partial charge >= 0.3 is 0 Å². The number of rotatable bonds is 0. The van der Waals surface area contributed by atoms with Gasteiger partial charge in [-0.25, -0.2) is 0 Å². The number of hydrogen-bond acceptors (Lipinski definition) is 1. The maximum absolute atomic E-state index is 11.5. The predicted molar refractivity (Wildman–Crippen MR) is 51.6 cm³/mol. The average Bonchev–Trinajstić information content (AvgIpc) is 2.18. The Morgan fingerprint density at radius 1 is 1.31 bits per heavy atom. The predicted octanol–water partition coefficient (Wildman–Crippen LogP) is 2.19. The Labute approximate surface area is 77.8 Å². The largest absolute Gasteiger partial charge is 0.294 e. The molecule has 1 nitrogen and oxygen atoms in total. The highest BCUT2D eigenvalue weighted by Gasteiger charge is 2.18. The molecule has 0 saturated carbocycles. The van der Waals surface area contributed by atoms with E-state index >= 15 is 0 Å². The third-order valence-electron chi connectivity index (χ3n) is 2.46. The number of carbonyl (C=O) groups is 1. The SMILES string of the molecule is C#Cc1cccc2c1CCCC2=O. The molecule has 13 heavy (non-hydrogen) atoms. The summed E-state index contributed by atoms with van der Waals surface area (Å²) in [5.74, 6) is 2.86. The summed E-state index contributed by atoms with van der Waals surface area (Å²) in [6.45, 7) is 0. The molecule has 0 fully saturated rings. The van der Waals surface area contributed by atoms with Gasteiger partial charge in [0.25, 0.3) is 0 Å². The van der Waals surface area contributed by atoms with Crippen LogP contribution >= 0.6 is 0 Å². The lowest BCUT2D eigenvalue weighted by Gasteiger charge is -2.15. The second kappa shape index (κ2) is 3.06. The minimum atomic E-state index is 0.235. The van der Waals surface area contributed by atoms with Gasteiger partial charge in [-0.3, -0.25) is 4.79 Å². The van der Waals surface area contributed by atoms with Crippen molar-refractivity contribution in [3.8, 4) is 12.3 Å². The monoisotopic (exact) mass is 170 g/mol. The van der Waals surface area contributed by atoms with Crippen molar-refractivity contribution in [3.63, 3.8) is 0 Å². The summed E-state index contributed by atoms with van der Waals surface area (Å²) in [4.78, 5) is 11.5. The van der Waals surface area contributed by atoms with E-state index in [0.29, 0.717) is 6.42 Å². The molecular formula is C12H10O. The first-order chi connectivity index (χ1) is 6.33. The summed E-state index contributed by atoms with van der Waals surface area (Å²) >= 11 is 0. The second-order valence-corrected chi connectivity index (χ2v) is 3.25. The van der Waals surface area contributed by atoms with Crippen LogP contribution in [0.1, 0.15) is 34.3 Å². The molecule has 0 spiro atoms. The molecule has 0 atom stereocenters. The fourth-order valence-corrected chi connectivity index (χ4v) is 1.81. The van der Waals surface area contributed by atoms with Crippen LogP contribution in [0.5, 0.6) is 0 Å². The molecule has 2 rings (SSSR count). The van der Waals surface area contributed by atoms with Crippen molar-refractivity contribution in [1.82, 2.24) is 0 Å². The van der Waals surface area contributed by atoms with Gasteiger partial charge in [0, 0.05) is 17.5 Å². The summed E-state index contributed by atoms with van der Waals surface area (Å²) in [6, 6.07) is 5.63. The quantitative estimate of drug-likeness (QED) is 0.545. The second-order valence-electron chi connectivity index (χ2n) is 3.25. The van der Waals surface area contributed by atoms with E-state index in [9.17, 15) is 4.79 Å². The van der Waals surface area contributed by atoms with E-state index in [2.05, 4.69) is 5.92 Å². The molecule has 1 aromatic carbocycles. The van der Waals surface area contributed by atoms with E-state index in [1.807, 2.05) is 18.2 Å². The van der Waals surface area contributed by atoms with Crippen LogP contribution in [-0.4, -0.2) is 5.78 Å². The fourth-order valence-electron chi connectivity index (χ4n) is 1.81. The summed E-state index contributed by atoms with van der Waals surface area (Å²) in [6.07, 6.45) is 7.91. The topological polar surface area (TPSA) is 17.1 Å². The molecule has 0 aromatic heterocycles. The Morgan fingerprint density at radius 3 is 2.92 bits per heavy atom. The van der Waals surface area contributed by atoms with Gasteiger partial charge in [0.1, 0.15) is 0 Å². The lowest BCUT2D eigenvalue weighted by Crippen LogP contribution is -2.11. The molecule has 0 saturated heterocycles. The average molecular weight is 170 g/mol. The number of Topliss-reactive ketones (excluding diaryl/α,β-unsaturated/α-hetero) is 1. The van der Waals surface area contributed by atoms with Gasteiger partial charge in [-0.05, 0) is 24.5 Å². The zero-order chi connectivity index (χ0) is 9.26. The van der Waals surface area contributed by atoms with Gasteiger partial charge in [-0.1, -0.05) is 18.1 Å². The van der Waals surface area contributed by atoms with Crippen LogP contribution in [0.15, 0.2) is 18.2 Å². The van der Waals surface area contributed by atoms with Crippen LogP contribution in [0.2, 0.25) is 0 Å². The van der Waals surface area contributed by atoms with Crippen LogP contribution in [0.4, 0.5) is 0 Å². The van der Waals surface area contributed by atoms with Gasteiger partial charge in [0.05, 0.1) is 0 Å². The molecule has 0 amide bonds. The van der Waals surface area contributed by atoms with Crippen LogP contribution in [-0.2, 0) is 6.42 Å². The van der Waals surface area contributed by atoms with Crippen molar-refractivity contribution in [1.29, 1.82) is 0 Å². The van der Waals surface area contributed by atoms with E-state index in [0.717, 1.165) is 29.5 Å². The zero-order valence-corrected chi connectivity index (χ0v) is 7.34. The molecule has 1 aromatic rings. The molecule has 0 bridgehead atoms. The zero-order valence-electron chi connectivity index (χ0n) is 7.34. The summed E-state index contributed by atoms with van der Waals surface area (Å²) in [5.41, 5.74) is 2.79.